The highest BCUT2D eigenvalue weighted by Gasteiger charge is 2.61. The fraction of sp³-hybridized carbons (Fsp3) is 0.333. The Kier molecular flexibility index (Phi) is 7.61. The Bertz CT molecular complexity index is 2430. The van der Waals surface area contributed by atoms with Crippen molar-refractivity contribution in [2.75, 3.05) is 4.90 Å². The maximum Gasteiger partial charge on any atom is 0.131 e. The molecule has 1 aliphatic heterocycles. The third-order valence-electron chi connectivity index (χ3n) is 15.2. The van der Waals surface area contributed by atoms with Crippen LogP contribution in [0, 0.1) is 23.7 Å². The molecule has 2 heteroatoms. The lowest BCUT2D eigenvalue weighted by Gasteiger charge is -2.63. The van der Waals surface area contributed by atoms with Crippen molar-refractivity contribution in [2.45, 2.75) is 88.9 Å². The topological polar surface area (TPSA) is 12.5 Å². The number of ether oxygens (including phenoxy) is 1. The highest BCUT2D eigenvalue weighted by molar-refractivity contribution is 5.82. The van der Waals surface area contributed by atoms with E-state index in [0.29, 0.717) is 11.8 Å². The molecule has 0 saturated heterocycles. The van der Waals surface area contributed by atoms with Gasteiger partial charge in [0, 0.05) is 33.6 Å². The third kappa shape index (κ3) is 5.13. The van der Waals surface area contributed by atoms with E-state index in [1.807, 2.05) is 0 Å². The molecule has 1 heterocycles. The first-order valence-electron chi connectivity index (χ1n) is 21.3. The summed E-state index contributed by atoms with van der Waals surface area (Å²) in [6, 6.07) is 52.5. The van der Waals surface area contributed by atoms with Crippen molar-refractivity contribution in [3.63, 3.8) is 0 Å². The molecule has 0 radical (unpaired) electrons. The molecule has 12 rings (SSSR count). The second kappa shape index (κ2) is 12.5. The number of para-hydroxylation sites is 1. The van der Waals surface area contributed by atoms with Crippen LogP contribution in [0.5, 0.6) is 11.5 Å². The molecule has 6 aromatic rings. The van der Waals surface area contributed by atoms with E-state index >= 15 is 0 Å². The van der Waals surface area contributed by atoms with Crippen molar-refractivity contribution >= 4 is 17.1 Å². The third-order valence-corrected chi connectivity index (χ3v) is 15.2. The monoisotopic (exact) mass is 731 g/mol. The maximum absolute atomic E-state index is 6.84. The minimum atomic E-state index is -0.00666. The molecule has 0 aromatic heterocycles. The number of fused-ring (bicyclic) bond motifs is 3. The Labute approximate surface area is 333 Å². The van der Waals surface area contributed by atoms with Crippen molar-refractivity contribution in [1.82, 2.24) is 0 Å². The van der Waals surface area contributed by atoms with Crippen molar-refractivity contribution in [3.05, 3.63) is 162 Å². The summed E-state index contributed by atoms with van der Waals surface area (Å²) in [6.45, 7) is 9.72. The quantitative estimate of drug-likeness (QED) is 0.175. The number of nitrogens with zero attached hydrogens (tertiary/aromatic N) is 1. The molecule has 280 valence electrons. The molecule has 1 spiro atoms. The minimum Gasteiger partial charge on any atom is -0.457 e. The summed E-state index contributed by atoms with van der Waals surface area (Å²) in [6.07, 6.45) is 9.23. The van der Waals surface area contributed by atoms with Gasteiger partial charge in [-0.1, -0.05) is 119 Å². The van der Waals surface area contributed by atoms with Gasteiger partial charge in [0.1, 0.15) is 11.5 Å². The van der Waals surface area contributed by atoms with Gasteiger partial charge < -0.3 is 9.64 Å². The molecule has 5 aliphatic carbocycles. The van der Waals surface area contributed by atoms with Crippen LogP contribution in [-0.2, 0) is 16.2 Å². The van der Waals surface area contributed by atoms with Crippen LogP contribution in [0.3, 0.4) is 0 Å². The van der Waals surface area contributed by atoms with Crippen LogP contribution in [0.1, 0.15) is 94.9 Å². The Hall–Kier alpha value is -5.08. The normalized spacial score (nSPS) is 25.9. The predicted molar refractivity (Wildman–Crippen MR) is 232 cm³/mol. The summed E-state index contributed by atoms with van der Waals surface area (Å²) in [5.41, 5.74) is 14.8. The second-order valence-electron chi connectivity index (χ2n) is 19.2. The molecular weight excluding hydrogens is 679 g/mol. The molecule has 6 aliphatic rings. The smallest absolute Gasteiger partial charge is 0.131 e. The van der Waals surface area contributed by atoms with Gasteiger partial charge in [0.15, 0.2) is 0 Å². The Balaban J connectivity index is 1.06. The SMILES string of the molecule is CC1(C)CCC(C)(C)c2c(-c3ccc(N(c4ccc(-c5ccccc5)cc4)c4ccc5c(c4)C4(c6ccccc6O5)C5CC6CC(C5)CC4C6)cc3)cccc21. The molecule has 2 nitrogen and oxygen atoms in total. The Morgan fingerprint density at radius 2 is 1.02 bits per heavy atom. The summed E-state index contributed by atoms with van der Waals surface area (Å²) in [7, 11) is 0. The molecule has 4 bridgehead atoms. The zero-order chi connectivity index (χ0) is 37.8. The predicted octanol–water partition coefficient (Wildman–Crippen LogP) is 14.7. The average molecular weight is 732 g/mol. The van der Waals surface area contributed by atoms with Crippen LogP contribution < -0.4 is 9.64 Å². The lowest BCUT2D eigenvalue weighted by atomic mass is 9.42. The molecule has 6 aromatic carbocycles. The largest absolute Gasteiger partial charge is 0.457 e. The minimum absolute atomic E-state index is 0.00666. The number of rotatable bonds is 5. The first-order valence-corrected chi connectivity index (χ1v) is 21.3. The lowest BCUT2D eigenvalue weighted by molar-refractivity contribution is -0.0452. The summed E-state index contributed by atoms with van der Waals surface area (Å²) >= 11 is 0. The average Bonchev–Trinajstić information content (AvgIpc) is 3.22. The van der Waals surface area contributed by atoms with Crippen molar-refractivity contribution in [3.8, 4) is 33.8 Å². The molecule has 4 saturated carbocycles. The number of hydrogen-bond donors (Lipinski definition) is 0. The summed E-state index contributed by atoms with van der Waals surface area (Å²) in [5.74, 6) is 5.20. The molecule has 0 unspecified atom stereocenters. The Morgan fingerprint density at radius 3 is 1.71 bits per heavy atom. The van der Waals surface area contributed by atoms with Crippen LogP contribution in [-0.4, -0.2) is 0 Å². The number of benzene rings is 6. The lowest BCUT2D eigenvalue weighted by Crippen LogP contribution is -2.57. The van der Waals surface area contributed by atoms with Crippen LogP contribution in [0.15, 0.2) is 140 Å². The summed E-state index contributed by atoms with van der Waals surface area (Å²) < 4.78 is 6.84. The maximum atomic E-state index is 6.84. The standard InChI is InChI=1S/C54H53NO/c1-52(2)27-28-53(3,4)51-45(13-10-15-47(51)52)39-19-23-43(24-20-39)55(42-21-17-38(18-22-42)37-11-6-5-7-12-37)44-25-26-50-48(34-44)54(46-14-8-9-16-49(46)56-50)40-30-35-29-36(32-40)33-41(54)31-35/h5-26,34-36,40-41H,27-33H2,1-4H3. The molecule has 0 N–H and O–H groups in total. The number of hydrogen-bond acceptors (Lipinski definition) is 2. The summed E-state index contributed by atoms with van der Waals surface area (Å²) in [4.78, 5) is 2.48. The fourth-order valence-corrected chi connectivity index (χ4v) is 12.7. The molecule has 56 heavy (non-hydrogen) atoms. The van der Waals surface area contributed by atoms with E-state index in [1.54, 1.807) is 0 Å². The molecule has 0 amide bonds. The van der Waals surface area contributed by atoms with E-state index < -0.39 is 0 Å². The highest BCUT2D eigenvalue weighted by Crippen LogP contribution is 2.69. The van der Waals surface area contributed by atoms with Gasteiger partial charge >= 0.3 is 0 Å². The van der Waals surface area contributed by atoms with Crippen LogP contribution in [0.25, 0.3) is 22.3 Å². The highest BCUT2D eigenvalue weighted by atomic mass is 16.5. The van der Waals surface area contributed by atoms with E-state index in [1.165, 1.54) is 101 Å². The van der Waals surface area contributed by atoms with Gasteiger partial charge in [-0.3, -0.25) is 0 Å². The van der Waals surface area contributed by atoms with Crippen molar-refractivity contribution in [1.29, 1.82) is 0 Å². The van der Waals surface area contributed by atoms with Crippen molar-refractivity contribution in [2.24, 2.45) is 23.7 Å². The van der Waals surface area contributed by atoms with Gasteiger partial charge in [-0.25, -0.2) is 0 Å². The van der Waals surface area contributed by atoms with Gasteiger partial charge in [0.05, 0.1) is 0 Å². The van der Waals surface area contributed by atoms with Gasteiger partial charge in [0.25, 0.3) is 0 Å². The van der Waals surface area contributed by atoms with E-state index in [2.05, 4.69) is 172 Å². The first-order chi connectivity index (χ1) is 27.2. The second-order valence-corrected chi connectivity index (χ2v) is 19.2. The van der Waals surface area contributed by atoms with Crippen LogP contribution >= 0.6 is 0 Å². The van der Waals surface area contributed by atoms with E-state index in [9.17, 15) is 0 Å². The first kappa shape index (κ1) is 34.2. The van der Waals surface area contributed by atoms with Crippen LogP contribution in [0.2, 0.25) is 0 Å². The van der Waals surface area contributed by atoms with Crippen molar-refractivity contribution < 1.29 is 4.74 Å². The summed E-state index contributed by atoms with van der Waals surface area (Å²) in [5, 5.41) is 0. The van der Waals surface area contributed by atoms with Gasteiger partial charge in [0.2, 0.25) is 0 Å². The zero-order valence-corrected chi connectivity index (χ0v) is 33.4. The van der Waals surface area contributed by atoms with Gasteiger partial charge in [-0.05, 0) is 161 Å². The van der Waals surface area contributed by atoms with Gasteiger partial charge in [-0.2, -0.15) is 0 Å². The van der Waals surface area contributed by atoms with E-state index in [0.717, 1.165) is 29.0 Å². The van der Waals surface area contributed by atoms with Crippen LogP contribution in [0.4, 0.5) is 17.1 Å². The number of anilines is 3. The van der Waals surface area contributed by atoms with Gasteiger partial charge in [-0.15, -0.1) is 0 Å². The Morgan fingerprint density at radius 1 is 0.464 bits per heavy atom. The molecular formula is C54H53NO. The molecule has 0 atom stereocenters. The van der Waals surface area contributed by atoms with E-state index in [-0.39, 0.29) is 16.2 Å². The fourth-order valence-electron chi connectivity index (χ4n) is 12.7. The molecule has 4 fully saturated rings. The van der Waals surface area contributed by atoms with E-state index in [4.69, 9.17) is 4.74 Å². The zero-order valence-electron chi connectivity index (χ0n) is 33.4.